The van der Waals surface area contributed by atoms with Crippen LogP contribution in [0.5, 0.6) is 0 Å². The van der Waals surface area contributed by atoms with Gasteiger partial charge in [0.25, 0.3) is 5.91 Å². The number of benzene rings is 1. The Morgan fingerprint density at radius 2 is 1.93 bits per heavy atom. The Morgan fingerprint density at radius 1 is 1.22 bits per heavy atom. The molecule has 1 aliphatic rings. The van der Waals surface area contributed by atoms with E-state index >= 15 is 0 Å². The maximum atomic E-state index is 12.7. The van der Waals surface area contributed by atoms with Crippen molar-refractivity contribution in [3.8, 4) is 0 Å². The minimum absolute atomic E-state index is 0.000101. The monoisotopic (exact) mass is 415 g/mol. The topological polar surface area (TPSA) is 70.7 Å². The first-order chi connectivity index (χ1) is 12.9. The lowest BCUT2D eigenvalue weighted by molar-refractivity contribution is -0.124. The molecule has 0 aliphatic carbocycles. The minimum Gasteiger partial charge on any atom is -0.379 e. The number of amides is 2. The summed E-state index contributed by atoms with van der Waals surface area (Å²) in [5, 5.41) is 6.46. The van der Waals surface area contributed by atoms with Crippen LogP contribution in [0.15, 0.2) is 18.2 Å². The first-order valence-corrected chi connectivity index (χ1v) is 10.0. The highest BCUT2D eigenvalue weighted by Gasteiger charge is 2.26. The fourth-order valence-corrected chi connectivity index (χ4v) is 3.13. The summed E-state index contributed by atoms with van der Waals surface area (Å²) in [5.41, 5.74) is 0.374. The third-order valence-corrected chi connectivity index (χ3v) is 5.53. The standard InChI is InChI=1S/C19H27Cl2N3O3/c1-3-13(2)17(19(26)22-6-7-24-8-10-27-11-9-24)23-18(25)14-4-5-15(20)16(21)12-14/h4-5,12-13,17H,3,6-11H2,1-2H3,(H,22,26)(H,23,25). The van der Waals surface area contributed by atoms with Crippen LogP contribution in [0, 0.1) is 5.92 Å². The summed E-state index contributed by atoms with van der Waals surface area (Å²) in [6.45, 7) is 8.44. The van der Waals surface area contributed by atoms with Crippen LogP contribution in [-0.2, 0) is 9.53 Å². The van der Waals surface area contributed by atoms with E-state index < -0.39 is 6.04 Å². The molecule has 150 valence electrons. The molecule has 1 aromatic carbocycles. The van der Waals surface area contributed by atoms with E-state index in [0.29, 0.717) is 22.2 Å². The average molecular weight is 416 g/mol. The number of carbonyl (C=O) groups is 2. The van der Waals surface area contributed by atoms with E-state index in [1.54, 1.807) is 12.1 Å². The number of carbonyl (C=O) groups excluding carboxylic acids is 2. The summed E-state index contributed by atoms with van der Waals surface area (Å²) in [5.74, 6) is -0.520. The van der Waals surface area contributed by atoms with Gasteiger partial charge in [-0.25, -0.2) is 0 Å². The molecule has 0 spiro atoms. The van der Waals surface area contributed by atoms with Crippen LogP contribution >= 0.6 is 23.2 Å². The molecular formula is C19H27Cl2N3O3. The smallest absolute Gasteiger partial charge is 0.251 e. The Balaban J connectivity index is 1.93. The summed E-state index contributed by atoms with van der Waals surface area (Å²) in [6.07, 6.45) is 0.767. The van der Waals surface area contributed by atoms with Crippen LogP contribution in [0.3, 0.4) is 0 Å². The summed E-state index contributed by atoms with van der Waals surface area (Å²) in [7, 11) is 0. The molecule has 2 amide bonds. The van der Waals surface area contributed by atoms with Gasteiger partial charge in [-0.2, -0.15) is 0 Å². The molecule has 0 saturated carbocycles. The zero-order valence-electron chi connectivity index (χ0n) is 15.8. The number of ether oxygens (including phenoxy) is 1. The third kappa shape index (κ3) is 6.64. The van der Waals surface area contributed by atoms with Crippen molar-refractivity contribution in [2.45, 2.75) is 26.3 Å². The van der Waals surface area contributed by atoms with Gasteiger partial charge in [-0.1, -0.05) is 43.5 Å². The highest BCUT2D eigenvalue weighted by atomic mass is 35.5. The molecule has 0 radical (unpaired) electrons. The van der Waals surface area contributed by atoms with Gasteiger partial charge in [-0.05, 0) is 24.1 Å². The van der Waals surface area contributed by atoms with E-state index in [1.807, 2.05) is 13.8 Å². The quantitative estimate of drug-likeness (QED) is 0.684. The van der Waals surface area contributed by atoms with Gasteiger partial charge in [0, 0.05) is 31.7 Å². The van der Waals surface area contributed by atoms with E-state index in [1.165, 1.54) is 6.07 Å². The minimum atomic E-state index is -0.610. The Hall–Kier alpha value is -1.34. The second-order valence-electron chi connectivity index (χ2n) is 6.71. The average Bonchev–Trinajstić information content (AvgIpc) is 2.68. The molecule has 1 saturated heterocycles. The summed E-state index contributed by atoms with van der Waals surface area (Å²) >= 11 is 11.9. The van der Waals surface area contributed by atoms with Crippen molar-refractivity contribution in [2.75, 3.05) is 39.4 Å². The lowest BCUT2D eigenvalue weighted by Crippen LogP contribution is -2.51. The van der Waals surface area contributed by atoms with Crippen molar-refractivity contribution in [2.24, 2.45) is 5.92 Å². The van der Waals surface area contributed by atoms with Gasteiger partial charge in [0.2, 0.25) is 5.91 Å². The van der Waals surface area contributed by atoms with Crippen LogP contribution in [0.25, 0.3) is 0 Å². The molecule has 8 heteroatoms. The summed E-state index contributed by atoms with van der Waals surface area (Å²) < 4.78 is 5.32. The van der Waals surface area contributed by atoms with Crippen molar-refractivity contribution in [1.29, 1.82) is 0 Å². The van der Waals surface area contributed by atoms with Crippen molar-refractivity contribution in [1.82, 2.24) is 15.5 Å². The number of hydrogen-bond donors (Lipinski definition) is 2. The van der Waals surface area contributed by atoms with Gasteiger partial charge in [0.05, 0.1) is 23.3 Å². The maximum absolute atomic E-state index is 12.7. The van der Waals surface area contributed by atoms with Crippen LogP contribution < -0.4 is 10.6 Å². The van der Waals surface area contributed by atoms with Gasteiger partial charge in [-0.3, -0.25) is 14.5 Å². The van der Waals surface area contributed by atoms with Crippen LogP contribution in [0.2, 0.25) is 10.0 Å². The first-order valence-electron chi connectivity index (χ1n) is 9.26. The van der Waals surface area contributed by atoms with E-state index in [9.17, 15) is 9.59 Å². The first kappa shape index (κ1) is 22.0. The van der Waals surface area contributed by atoms with E-state index in [2.05, 4.69) is 15.5 Å². The normalized spacial score (nSPS) is 17.2. The second kappa shape index (κ2) is 10.9. The Kier molecular flexibility index (Phi) is 8.83. The maximum Gasteiger partial charge on any atom is 0.251 e. The van der Waals surface area contributed by atoms with Gasteiger partial charge < -0.3 is 15.4 Å². The van der Waals surface area contributed by atoms with Crippen LogP contribution in [-0.4, -0.2) is 62.1 Å². The number of morpholine rings is 1. The molecule has 2 rings (SSSR count). The second-order valence-corrected chi connectivity index (χ2v) is 7.52. The molecule has 2 unspecified atom stereocenters. The lowest BCUT2D eigenvalue weighted by atomic mass is 9.98. The number of nitrogens with one attached hydrogen (secondary N) is 2. The Morgan fingerprint density at radius 3 is 2.56 bits per heavy atom. The zero-order chi connectivity index (χ0) is 19.8. The highest BCUT2D eigenvalue weighted by Crippen LogP contribution is 2.22. The van der Waals surface area contributed by atoms with Crippen LogP contribution in [0.1, 0.15) is 30.6 Å². The van der Waals surface area contributed by atoms with Crippen molar-refractivity contribution >= 4 is 35.0 Å². The number of nitrogens with zero attached hydrogens (tertiary/aromatic N) is 1. The SMILES string of the molecule is CCC(C)C(NC(=O)c1ccc(Cl)c(Cl)c1)C(=O)NCCN1CCOCC1. The molecule has 1 aliphatic heterocycles. The molecule has 1 fully saturated rings. The third-order valence-electron chi connectivity index (χ3n) is 4.79. The highest BCUT2D eigenvalue weighted by molar-refractivity contribution is 6.42. The predicted octanol–water partition coefficient (Wildman–Crippen LogP) is 2.59. The number of halogens is 2. The fourth-order valence-electron chi connectivity index (χ4n) is 2.84. The van der Waals surface area contributed by atoms with Gasteiger partial charge >= 0.3 is 0 Å². The van der Waals surface area contributed by atoms with Crippen LogP contribution in [0.4, 0.5) is 0 Å². The molecule has 1 aromatic rings. The molecule has 27 heavy (non-hydrogen) atoms. The fraction of sp³-hybridized carbons (Fsp3) is 0.579. The van der Waals surface area contributed by atoms with Gasteiger partial charge in [0.1, 0.15) is 6.04 Å². The van der Waals surface area contributed by atoms with E-state index in [-0.39, 0.29) is 17.7 Å². The van der Waals surface area contributed by atoms with Gasteiger partial charge in [0.15, 0.2) is 0 Å². The zero-order valence-corrected chi connectivity index (χ0v) is 17.3. The Bertz CT molecular complexity index is 651. The van der Waals surface area contributed by atoms with Crippen molar-refractivity contribution < 1.29 is 14.3 Å². The molecule has 2 N–H and O–H groups in total. The predicted molar refractivity (Wildman–Crippen MR) is 107 cm³/mol. The van der Waals surface area contributed by atoms with Crippen molar-refractivity contribution in [3.05, 3.63) is 33.8 Å². The lowest BCUT2D eigenvalue weighted by Gasteiger charge is -2.27. The summed E-state index contributed by atoms with van der Waals surface area (Å²) in [4.78, 5) is 27.5. The van der Waals surface area contributed by atoms with E-state index in [0.717, 1.165) is 39.3 Å². The van der Waals surface area contributed by atoms with Crippen molar-refractivity contribution in [3.63, 3.8) is 0 Å². The Labute approximate surface area is 170 Å². The molecule has 0 bridgehead atoms. The molecule has 6 nitrogen and oxygen atoms in total. The number of rotatable bonds is 8. The number of hydrogen-bond acceptors (Lipinski definition) is 4. The molecule has 0 aromatic heterocycles. The summed E-state index contributed by atoms with van der Waals surface area (Å²) in [6, 6.07) is 4.05. The van der Waals surface area contributed by atoms with Gasteiger partial charge in [-0.15, -0.1) is 0 Å². The molecular weight excluding hydrogens is 389 g/mol. The molecule has 1 heterocycles. The molecule has 2 atom stereocenters. The largest absolute Gasteiger partial charge is 0.379 e. The van der Waals surface area contributed by atoms with E-state index in [4.69, 9.17) is 27.9 Å².